The summed E-state index contributed by atoms with van der Waals surface area (Å²) in [7, 11) is 0. The van der Waals surface area contributed by atoms with Crippen LogP contribution < -0.4 is 4.90 Å². The highest BCUT2D eigenvalue weighted by Gasteiger charge is 2.25. The molecular formula is C14H20N2. The molecule has 16 heavy (non-hydrogen) atoms. The number of hydrogen-bond donors (Lipinski definition) is 1. The molecule has 0 radical (unpaired) electrons. The van der Waals surface area contributed by atoms with E-state index < -0.39 is 0 Å². The van der Waals surface area contributed by atoms with E-state index in [1.165, 1.54) is 11.3 Å². The van der Waals surface area contributed by atoms with Crippen LogP contribution in [0.4, 0.5) is 5.69 Å². The number of nitrogens with zero attached hydrogens (tertiary/aromatic N) is 1. The molecule has 1 saturated heterocycles. The molecule has 0 atom stereocenters. The molecule has 86 valence electrons. The average molecular weight is 216 g/mol. The molecule has 1 heterocycles. The summed E-state index contributed by atoms with van der Waals surface area (Å²) in [5, 5.41) is 7.97. The van der Waals surface area contributed by atoms with E-state index in [0.29, 0.717) is 0 Å². The summed E-state index contributed by atoms with van der Waals surface area (Å²) in [4.78, 5) is 2.15. The summed E-state index contributed by atoms with van der Waals surface area (Å²) in [6.07, 6.45) is 2.02. The standard InChI is InChI=1S/C14H20N2/c1-14(2,3)11-7-4-5-8-12(11)16-10-6-9-13(16)15/h4-5,7-8,15H,6,9-10H2,1-3H3. The maximum absolute atomic E-state index is 7.97. The summed E-state index contributed by atoms with van der Waals surface area (Å²) in [6, 6.07) is 8.47. The van der Waals surface area contributed by atoms with Gasteiger partial charge in [-0.25, -0.2) is 0 Å². The van der Waals surface area contributed by atoms with E-state index in [2.05, 4.69) is 49.9 Å². The van der Waals surface area contributed by atoms with Gasteiger partial charge in [0.25, 0.3) is 0 Å². The van der Waals surface area contributed by atoms with Gasteiger partial charge in [-0.05, 0) is 23.5 Å². The molecule has 1 aliphatic heterocycles. The third kappa shape index (κ3) is 1.97. The largest absolute Gasteiger partial charge is 0.330 e. The first kappa shape index (κ1) is 11.2. The Morgan fingerprint density at radius 2 is 1.88 bits per heavy atom. The van der Waals surface area contributed by atoms with Crippen molar-refractivity contribution in [2.75, 3.05) is 11.4 Å². The maximum Gasteiger partial charge on any atom is 0.100 e. The molecule has 0 spiro atoms. The number of hydrogen-bond acceptors (Lipinski definition) is 1. The van der Waals surface area contributed by atoms with Crippen LogP contribution in [0, 0.1) is 5.41 Å². The van der Waals surface area contributed by atoms with Gasteiger partial charge in [0, 0.05) is 18.7 Å². The van der Waals surface area contributed by atoms with Crippen LogP contribution >= 0.6 is 0 Å². The van der Waals surface area contributed by atoms with Crippen molar-refractivity contribution in [3.05, 3.63) is 29.8 Å². The zero-order valence-corrected chi connectivity index (χ0v) is 10.4. The lowest BCUT2D eigenvalue weighted by Gasteiger charge is -2.28. The van der Waals surface area contributed by atoms with Gasteiger partial charge in [-0.1, -0.05) is 39.0 Å². The summed E-state index contributed by atoms with van der Waals surface area (Å²) < 4.78 is 0. The zero-order chi connectivity index (χ0) is 11.8. The fourth-order valence-electron chi connectivity index (χ4n) is 2.28. The molecule has 1 fully saturated rings. The zero-order valence-electron chi connectivity index (χ0n) is 10.4. The van der Waals surface area contributed by atoms with Gasteiger partial charge in [-0.3, -0.25) is 5.41 Å². The Balaban J connectivity index is 2.44. The van der Waals surface area contributed by atoms with Gasteiger partial charge >= 0.3 is 0 Å². The number of nitrogens with one attached hydrogen (secondary N) is 1. The third-order valence-electron chi connectivity index (χ3n) is 3.12. The van der Waals surface area contributed by atoms with Crippen LogP contribution in [-0.4, -0.2) is 12.4 Å². The van der Waals surface area contributed by atoms with Crippen molar-refractivity contribution in [1.29, 1.82) is 5.41 Å². The fourth-order valence-corrected chi connectivity index (χ4v) is 2.28. The topological polar surface area (TPSA) is 27.1 Å². The summed E-state index contributed by atoms with van der Waals surface area (Å²) in [5.74, 6) is 0.761. The highest BCUT2D eigenvalue weighted by Crippen LogP contribution is 2.33. The van der Waals surface area contributed by atoms with Crippen LogP contribution in [0.2, 0.25) is 0 Å². The van der Waals surface area contributed by atoms with Crippen LogP contribution in [0.15, 0.2) is 24.3 Å². The van der Waals surface area contributed by atoms with Gasteiger partial charge in [0.2, 0.25) is 0 Å². The number of amidine groups is 1. The van der Waals surface area contributed by atoms with Crippen molar-refractivity contribution in [3.8, 4) is 0 Å². The predicted molar refractivity (Wildman–Crippen MR) is 69.4 cm³/mol. The van der Waals surface area contributed by atoms with E-state index in [1.807, 2.05) is 0 Å². The molecule has 1 aromatic carbocycles. The summed E-state index contributed by atoms with van der Waals surface area (Å²) >= 11 is 0. The van der Waals surface area contributed by atoms with E-state index in [9.17, 15) is 0 Å². The van der Waals surface area contributed by atoms with Crippen molar-refractivity contribution in [1.82, 2.24) is 0 Å². The smallest absolute Gasteiger partial charge is 0.100 e. The molecule has 0 aromatic heterocycles. The molecule has 2 rings (SSSR count). The Labute approximate surface area is 97.8 Å². The Hall–Kier alpha value is -1.31. The Morgan fingerprint density at radius 1 is 1.19 bits per heavy atom. The van der Waals surface area contributed by atoms with E-state index in [1.54, 1.807) is 0 Å². The Bertz CT molecular complexity index is 401. The molecule has 1 aliphatic rings. The fraction of sp³-hybridized carbons (Fsp3) is 0.500. The normalized spacial score (nSPS) is 16.9. The van der Waals surface area contributed by atoms with Gasteiger partial charge < -0.3 is 4.90 Å². The minimum absolute atomic E-state index is 0.138. The number of benzene rings is 1. The lowest BCUT2D eigenvalue weighted by Crippen LogP contribution is -2.27. The lowest BCUT2D eigenvalue weighted by atomic mass is 9.85. The van der Waals surface area contributed by atoms with Gasteiger partial charge in [-0.15, -0.1) is 0 Å². The molecule has 0 amide bonds. The van der Waals surface area contributed by atoms with Crippen LogP contribution in [0.1, 0.15) is 39.2 Å². The molecule has 2 nitrogen and oxygen atoms in total. The molecule has 0 saturated carbocycles. The number of rotatable bonds is 1. The number of anilines is 1. The second kappa shape index (κ2) is 3.93. The van der Waals surface area contributed by atoms with E-state index in [0.717, 1.165) is 25.2 Å². The first-order chi connectivity index (χ1) is 7.50. The van der Waals surface area contributed by atoms with Crippen molar-refractivity contribution < 1.29 is 0 Å². The maximum atomic E-state index is 7.97. The van der Waals surface area contributed by atoms with E-state index >= 15 is 0 Å². The van der Waals surface area contributed by atoms with Crippen LogP contribution in [0.3, 0.4) is 0 Å². The highest BCUT2D eigenvalue weighted by molar-refractivity contribution is 5.98. The molecule has 0 aliphatic carbocycles. The molecule has 1 aromatic rings. The minimum Gasteiger partial charge on any atom is -0.330 e. The molecule has 1 N–H and O–H groups in total. The molecular weight excluding hydrogens is 196 g/mol. The SMILES string of the molecule is CC(C)(C)c1ccccc1N1CCCC1=N. The minimum atomic E-state index is 0.138. The number of para-hydroxylation sites is 1. The molecule has 2 heteroatoms. The first-order valence-corrected chi connectivity index (χ1v) is 5.94. The van der Waals surface area contributed by atoms with Gasteiger partial charge in [0.1, 0.15) is 5.84 Å². The quantitative estimate of drug-likeness (QED) is 0.763. The van der Waals surface area contributed by atoms with Crippen LogP contribution in [-0.2, 0) is 5.41 Å². The second-order valence-corrected chi connectivity index (χ2v) is 5.47. The predicted octanol–water partition coefficient (Wildman–Crippen LogP) is 3.56. The van der Waals surface area contributed by atoms with Crippen molar-refractivity contribution in [3.63, 3.8) is 0 Å². The van der Waals surface area contributed by atoms with Crippen molar-refractivity contribution >= 4 is 11.5 Å². The lowest BCUT2D eigenvalue weighted by molar-refractivity contribution is 0.590. The highest BCUT2D eigenvalue weighted by atomic mass is 15.2. The third-order valence-corrected chi connectivity index (χ3v) is 3.12. The van der Waals surface area contributed by atoms with E-state index in [4.69, 9.17) is 5.41 Å². The molecule has 0 unspecified atom stereocenters. The Morgan fingerprint density at radius 3 is 2.44 bits per heavy atom. The van der Waals surface area contributed by atoms with Gasteiger partial charge in [-0.2, -0.15) is 0 Å². The summed E-state index contributed by atoms with van der Waals surface area (Å²) in [6.45, 7) is 7.68. The van der Waals surface area contributed by atoms with Gasteiger partial charge in [0.05, 0.1) is 0 Å². The van der Waals surface area contributed by atoms with Gasteiger partial charge in [0.15, 0.2) is 0 Å². The van der Waals surface area contributed by atoms with Crippen LogP contribution in [0.5, 0.6) is 0 Å². The first-order valence-electron chi connectivity index (χ1n) is 5.94. The van der Waals surface area contributed by atoms with Crippen molar-refractivity contribution in [2.45, 2.75) is 39.0 Å². The second-order valence-electron chi connectivity index (χ2n) is 5.47. The van der Waals surface area contributed by atoms with Crippen LogP contribution in [0.25, 0.3) is 0 Å². The molecule has 0 bridgehead atoms. The monoisotopic (exact) mass is 216 g/mol. The summed E-state index contributed by atoms with van der Waals surface area (Å²) in [5.41, 5.74) is 2.69. The van der Waals surface area contributed by atoms with E-state index in [-0.39, 0.29) is 5.41 Å². The van der Waals surface area contributed by atoms with Crippen molar-refractivity contribution in [2.24, 2.45) is 0 Å². The average Bonchev–Trinajstić information content (AvgIpc) is 2.63. The Kier molecular flexibility index (Phi) is 2.75.